The molecule has 2 N–H and O–H groups in total. The molecular formula is C24H30N2O4. The van der Waals surface area contributed by atoms with E-state index >= 15 is 0 Å². The number of benzene rings is 2. The van der Waals surface area contributed by atoms with Gasteiger partial charge >= 0.3 is 0 Å². The van der Waals surface area contributed by atoms with Crippen LogP contribution in [0.3, 0.4) is 0 Å². The highest BCUT2D eigenvalue weighted by atomic mass is 16.5. The van der Waals surface area contributed by atoms with Crippen molar-refractivity contribution in [3.05, 3.63) is 54.1 Å². The molecule has 6 heteroatoms. The minimum absolute atomic E-state index is 0.0632. The second-order valence-corrected chi connectivity index (χ2v) is 7.51. The molecule has 1 saturated carbocycles. The molecular weight excluding hydrogens is 380 g/mol. The van der Waals surface area contributed by atoms with E-state index in [-0.39, 0.29) is 17.9 Å². The summed E-state index contributed by atoms with van der Waals surface area (Å²) in [4.78, 5) is 24.9. The van der Waals surface area contributed by atoms with Crippen LogP contribution in [0.2, 0.25) is 0 Å². The Labute approximate surface area is 178 Å². The van der Waals surface area contributed by atoms with Crippen molar-refractivity contribution < 1.29 is 19.1 Å². The minimum atomic E-state index is -0.707. The van der Waals surface area contributed by atoms with Crippen LogP contribution in [0.5, 0.6) is 11.5 Å². The zero-order chi connectivity index (χ0) is 21.3. The van der Waals surface area contributed by atoms with Crippen LogP contribution in [-0.2, 0) is 4.79 Å². The number of carbonyl (C=O) groups is 2. The molecule has 2 aromatic rings. The fourth-order valence-corrected chi connectivity index (χ4v) is 3.54. The first-order chi connectivity index (χ1) is 14.6. The van der Waals surface area contributed by atoms with Gasteiger partial charge in [-0.25, -0.2) is 0 Å². The van der Waals surface area contributed by atoms with Crippen molar-refractivity contribution >= 4 is 17.5 Å². The molecule has 0 bridgehead atoms. The molecule has 0 aliphatic heterocycles. The molecule has 160 valence electrons. The van der Waals surface area contributed by atoms with Gasteiger partial charge in [0.25, 0.3) is 11.8 Å². The van der Waals surface area contributed by atoms with Crippen molar-refractivity contribution in [2.24, 2.45) is 0 Å². The van der Waals surface area contributed by atoms with E-state index in [0.717, 1.165) is 12.8 Å². The lowest BCUT2D eigenvalue weighted by atomic mass is 9.95. The fraction of sp³-hybridized carbons (Fsp3) is 0.417. The molecule has 0 saturated heterocycles. The standard InChI is InChI=1S/C24H30N2O4/c1-3-29-22-12-8-7-11-21(22)26-23(27)17(2)30-20-15-13-18(14-16-20)24(28)25-19-9-5-4-6-10-19/h7-8,11-17,19H,3-6,9-10H2,1-2H3,(H,25,28)(H,26,27)/t17-/m0/s1. The molecule has 1 aliphatic carbocycles. The average molecular weight is 411 g/mol. The fourth-order valence-electron chi connectivity index (χ4n) is 3.54. The summed E-state index contributed by atoms with van der Waals surface area (Å²) in [7, 11) is 0. The molecule has 3 rings (SSSR count). The van der Waals surface area contributed by atoms with Crippen molar-refractivity contribution in [1.29, 1.82) is 0 Å². The lowest BCUT2D eigenvalue weighted by molar-refractivity contribution is -0.122. The Bertz CT molecular complexity index is 845. The number of carbonyl (C=O) groups excluding carboxylic acids is 2. The van der Waals surface area contributed by atoms with E-state index in [9.17, 15) is 9.59 Å². The average Bonchev–Trinajstić information content (AvgIpc) is 2.76. The summed E-state index contributed by atoms with van der Waals surface area (Å²) in [5, 5.41) is 5.94. The molecule has 0 unspecified atom stereocenters. The highest BCUT2D eigenvalue weighted by Gasteiger charge is 2.18. The molecule has 0 radical (unpaired) electrons. The van der Waals surface area contributed by atoms with E-state index in [0.29, 0.717) is 29.4 Å². The van der Waals surface area contributed by atoms with E-state index < -0.39 is 6.10 Å². The van der Waals surface area contributed by atoms with Crippen LogP contribution in [0.1, 0.15) is 56.3 Å². The van der Waals surface area contributed by atoms with E-state index in [2.05, 4.69) is 10.6 Å². The minimum Gasteiger partial charge on any atom is -0.492 e. The molecule has 2 amide bonds. The lowest BCUT2D eigenvalue weighted by Gasteiger charge is -2.22. The van der Waals surface area contributed by atoms with Gasteiger partial charge in [-0.05, 0) is 63.1 Å². The van der Waals surface area contributed by atoms with Gasteiger partial charge in [0.1, 0.15) is 11.5 Å². The summed E-state index contributed by atoms with van der Waals surface area (Å²) < 4.78 is 11.3. The van der Waals surface area contributed by atoms with Crippen molar-refractivity contribution in [1.82, 2.24) is 5.32 Å². The molecule has 1 atom stereocenters. The number of para-hydroxylation sites is 2. The van der Waals surface area contributed by atoms with Crippen LogP contribution < -0.4 is 20.1 Å². The van der Waals surface area contributed by atoms with Gasteiger partial charge in [0.05, 0.1) is 12.3 Å². The van der Waals surface area contributed by atoms with Crippen molar-refractivity contribution in [2.45, 2.75) is 58.1 Å². The Morgan fingerprint density at radius 1 is 1.03 bits per heavy atom. The largest absolute Gasteiger partial charge is 0.492 e. The first-order valence-electron chi connectivity index (χ1n) is 10.7. The third-order valence-corrected chi connectivity index (χ3v) is 5.18. The molecule has 30 heavy (non-hydrogen) atoms. The molecule has 1 aliphatic rings. The van der Waals surface area contributed by atoms with E-state index in [1.54, 1.807) is 37.3 Å². The third-order valence-electron chi connectivity index (χ3n) is 5.18. The summed E-state index contributed by atoms with van der Waals surface area (Å²) in [6.45, 7) is 4.09. The zero-order valence-corrected chi connectivity index (χ0v) is 17.6. The lowest BCUT2D eigenvalue weighted by Crippen LogP contribution is -2.36. The maximum absolute atomic E-state index is 12.5. The van der Waals surface area contributed by atoms with Gasteiger partial charge in [-0.2, -0.15) is 0 Å². The molecule has 1 fully saturated rings. The van der Waals surface area contributed by atoms with Gasteiger partial charge < -0.3 is 20.1 Å². The summed E-state index contributed by atoms with van der Waals surface area (Å²) >= 11 is 0. The summed E-state index contributed by atoms with van der Waals surface area (Å²) in [5.41, 5.74) is 1.20. The molecule has 2 aromatic carbocycles. The first kappa shape index (κ1) is 21.7. The highest BCUT2D eigenvalue weighted by Crippen LogP contribution is 2.24. The zero-order valence-electron chi connectivity index (χ0n) is 17.6. The number of hydrogen-bond donors (Lipinski definition) is 2. The Balaban J connectivity index is 1.54. The predicted octanol–water partition coefficient (Wildman–Crippen LogP) is 4.55. The van der Waals surface area contributed by atoms with Crippen LogP contribution in [0, 0.1) is 0 Å². The van der Waals surface area contributed by atoms with E-state index in [4.69, 9.17) is 9.47 Å². The van der Waals surface area contributed by atoms with Gasteiger partial charge in [0.15, 0.2) is 6.10 Å². The Kier molecular flexibility index (Phi) is 7.71. The van der Waals surface area contributed by atoms with Crippen LogP contribution in [-0.4, -0.2) is 30.6 Å². The van der Waals surface area contributed by atoms with Crippen molar-refractivity contribution in [3.8, 4) is 11.5 Å². The molecule has 6 nitrogen and oxygen atoms in total. The number of ether oxygens (including phenoxy) is 2. The monoisotopic (exact) mass is 410 g/mol. The summed E-state index contributed by atoms with van der Waals surface area (Å²) in [6.07, 6.45) is 4.99. The van der Waals surface area contributed by atoms with E-state index in [1.807, 2.05) is 25.1 Å². The SMILES string of the molecule is CCOc1ccccc1NC(=O)[C@H](C)Oc1ccc(C(=O)NC2CCCCC2)cc1. The Morgan fingerprint density at radius 3 is 2.43 bits per heavy atom. The summed E-state index contributed by atoms with van der Waals surface area (Å²) in [6, 6.07) is 14.4. The van der Waals surface area contributed by atoms with Crippen molar-refractivity contribution in [2.75, 3.05) is 11.9 Å². The topological polar surface area (TPSA) is 76.7 Å². The molecule has 0 heterocycles. The molecule has 0 aromatic heterocycles. The third kappa shape index (κ3) is 5.99. The number of hydrogen-bond acceptors (Lipinski definition) is 4. The van der Waals surface area contributed by atoms with Gasteiger partial charge in [-0.1, -0.05) is 31.4 Å². The number of nitrogens with one attached hydrogen (secondary N) is 2. The number of amides is 2. The van der Waals surface area contributed by atoms with Crippen LogP contribution in [0.15, 0.2) is 48.5 Å². The Hall–Kier alpha value is -3.02. The van der Waals surface area contributed by atoms with Gasteiger partial charge in [-0.15, -0.1) is 0 Å². The predicted molar refractivity (Wildman–Crippen MR) is 117 cm³/mol. The van der Waals surface area contributed by atoms with Gasteiger partial charge in [0, 0.05) is 11.6 Å². The second kappa shape index (κ2) is 10.7. The number of anilines is 1. The second-order valence-electron chi connectivity index (χ2n) is 7.51. The smallest absolute Gasteiger partial charge is 0.265 e. The van der Waals surface area contributed by atoms with Crippen LogP contribution >= 0.6 is 0 Å². The first-order valence-corrected chi connectivity index (χ1v) is 10.7. The van der Waals surface area contributed by atoms with Gasteiger partial charge in [0.2, 0.25) is 0 Å². The van der Waals surface area contributed by atoms with Gasteiger partial charge in [-0.3, -0.25) is 9.59 Å². The highest BCUT2D eigenvalue weighted by molar-refractivity contribution is 5.96. The maximum atomic E-state index is 12.5. The number of rotatable bonds is 8. The molecule has 0 spiro atoms. The maximum Gasteiger partial charge on any atom is 0.265 e. The van der Waals surface area contributed by atoms with Crippen LogP contribution in [0.25, 0.3) is 0 Å². The quantitative estimate of drug-likeness (QED) is 0.669. The van der Waals surface area contributed by atoms with E-state index in [1.165, 1.54) is 19.3 Å². The van der Waals surface area contributed by atoms with Crippen LogP contribution in [0.4, 0.5) is 5.69 Å². The summed E-state index contributed by atoms with van der Waals surface area (Å²) in [5.74, 6) is 0.812. The van der Waals surface area contributed by atoms with Crippen molar-refractivity contribution in [3.63, 3.8) is 0 Å². The Morgan fingerprint density at radius 2 is 1.73 bits per heavy atom. The normalized spacial score (nSPS) is 15.1.